The normalized spacial score (nSPS) is 29.9. The molecule has 152 valence electrons. The highest BCUT2D eigenvalue weighted by atomic mass is 16.6. The lowest BCUT2D eigenvalue weighted by Gasteiger charge is -2.47. The van der Waals surface area contributed by atoms with Crippen molar-refractivity contribution < 1.29 is 18.9 Å². The minimum atomic E-state index is -0.618. The third-order valence-corrected chi connectivity index (χ3v) is 6.71. The summed E-state index contributed by atoms with van der Waals surface area (Å²) < 4.78 is 24.3. The molecule has 2 saturated heterocycles. The summed E-state index contributed by atoms with van der Waals surface area (Å²) in [4.78, 5) is 0. The van der Waals surface area contributed by atoms with E-state index >= 15 is 0 Å². The predicted molar refractivity (Wildman–Crippen MR) is 109 cm³/mol. The Balaban J connectivity index is 1.58. The molecule has 1 aromatic rings. The standard InChI is InChI=1S/C24H32O4/c1-3-22(14-25-15-22)18-27-21-12-8-9-13-24(21,20-10-6-5-7-11-20)28-19-23(4-2)16-26-17-23/h5-13,21H,3-4,14-19H2,1-2H3. The van der Waals surface area contributed by atoms with Crippen molar-refractivity contribution in [2.24, 2.45) is 10.8 Å². The van der Waals surface area contributed by atoms with Gasteiger partial charge in [-0.05, 0) is 24.5 Å². The van der Waals surface area contributed by atoms with Crippen LogP contribution in [0.15, 0.2) is 54.6 Å². The van der Waals surface area contributed by atoms with E-state index in [1.807, 2.05) is 6.07 Å². The quantitative estimate of drug-likeness (QED) is 0.637. The summed E-state index contributed by atoms with van der Waals surface area (Å²) in [5.41, 5.74) is 0.771. The van der Waals surface area contributed by atoms with E-state index in [0.29, 0.717) is 13.2 Å². The van der Waals surface area contributed by atoms with Crippen molar-refractivity contribution in [2.45, 2.75) is 38.4 Å². The van der Waals surface area contributed by atoms with Gasteiger partial charge in [-0.3, -0.25) is 0 Å². The maximum Gasteiger partial charge on any atom is 0.141 e. The molecule has 0 amide bonds. The van der Waals surface area contributed by atoms with E-state index in [1.54, 1.807) is 0 Å². The number of allylic oxidation sites excluding steroid dienone is 2. The van der Waals surface area contributed by atoms with Gasteiger partial charge in [0.2, 0.25) is 0 Å². The van der Waals surface area contributed by atoms with E-state index in [4.69, 9.17) is 18.9 Å². The van der Waals surface area contributed by atoms with Crippen molar-refractivity contribution in [3.63, 3.8) is 0 Å². The summed E-state index contributed by atoms with van der Waals surface area (Å²) in [5, 5.41) is 0. The Morgan fingerprint density at radius 1 is 0.893 bits per heavy atom. The fourth-order valence-electron chi connectivity index (χ4n) is 4.05. The smallest absolute Gasteiger partial charge is 0.141 e. The zero-order valence-electron chi connectivity index (χ0n) is 17.1. The fraction of sp³-hybridized carbons (Fsp3) is 0.583. The minimum absolute atomic E-state index is 0.119. The van der Waals surface area contributed by atoms with Crippen molar-refractivity contribution in [3.8, 4) is 0 Å². The highest BCUT2D eigenvalue weighted by Crippen LogP contribution is 2.41. The third-order valence-electron chi connectivity index (χ3n) is 6.71. The second kappa shape index (κ2) is 8.11. The van der Waals surface area contributed by atoms with Gasteiger partial charge < -0.3 is 18.9 Å². The molecule has 0 saturated carbocycles. The maximum atomic E-state index is 6.74. The van der Waals surface area contributed by atoms with Gasteiger partial charge in [-0.1, -0.05) is 62.4 Å². The Labute approximate surface area is 168 Å². The average molecular weight is 385 g/mol. The molecule has 0 aromatic heterocycles. The van der Waals surface area contributed by atoms with Crippen LogP contribution in [0.4, 0.5) is 0 Å². The molecule has 0 radical (unpaired) electrons. The third kappa shape index (κ3) is 3.59. The number of rotatable bonds is 9. The van der Waals surface area contributed by atoms with Gasteiger partial charge in [-0.15, -0.1) is 0 Å². The first-order chi connectivity index (χ1) is 13.7. The molecule has 0 spiro atoms. The lowest BCUT2D eigenvalue weighted by Crippen LogP contribution is -2.52. The molecule has 28 heavy (non-hydrogen) atoms. The molecule has 0 bridgehead atoms. The van der Waals surface area contributed by atoms with E-state index < -0.39 is 5.60 Å². The molecule has 4 heteroatoms. The van der Waals surface area contributed by atoms with Crippen molar-refractivity contribution in [3.05, 3.63) is 60.2 Å². The highest BCUT2D eigenvalue weighted by Gasteiger charge is 2.46. The molecule has 1 aromatic carbocycles. The van der Waals surface area contributed by atoms with Crippen molar-refractivity contribution in [1.82, 2.24) is 0 Å². The van der Waals surface area contributed by atoms with Crippen LogP contribution in [0.25, 0.3) is 0 Å². The summed E-state index contributed by atoms with van der Waals surface area (Å²) in [5.74, 6) is 0. The zero-order valence-corrected chi connectivity index (χ0v) is 17.1. The first kappa shape index (κ1) is 19.8. The molecule has 2 unspecified atom stereocenters. The number of ether oxygens (including phenoxy) is 4. The Kier molecular flexibility index (Phi) is 5.75. The van der Waals surface area contributed by atoms with Crippen LogP contribution in [0.2, 0.25) is 0 Å². The second-order valence-corrected chi connectivity index (χ2v) is 8.62. The number of hydrogen-bond donors (Lipinski definition) is 0. The van der Waals surface area contributed by atoms with Crippen LogP contribution < -0.4 is 0 Å². The van der Waals surface area contributed by atoms with Crippen LogP contribution in [-0.4, -0.2) is 45.7 Å². The minimum Gasteiger partial charge on any atom is -0.380 e. The van der Waals surface area contributed by atoms with E-state index in [1.165, 1.54) is 0 Å². The monoisotopic (exact) mass is 384 g/mol. The van der Waals surface area contributed by atoms with E-state index in [9.17, 15) is 0 Å². The SMILES string of the molecule is CCC1(COC2C=CC=CC2(OCC2(CC)COC2)c2ccccc2)COC1. The first-order valence-corrected chi connectivity index (χ1v) is 10.5. The molecule has 3 aliphatic rings. The van der Waals surface area contributed by atoms with Crippen molar-refractivity contribution in [1.29, 1.82) is 0 Å². The molecular weight excluding hydrogens is 352 g/mol. The van der Waals surface area contributed by atoms with Gasteiger partial charge in [0.15, 0.2) is 0 Å². The van der Waals surface area contributed by atoms with Crippen LogP contribution in [0.1, 0.15) is 32.3 Å². The van der Waals surface area contributed by atoms with Gasteiger partial charge in [-0.25, -0.2) is 0 Å². The molecule has 1 aliphatic carbocycles. The van der Waals surface area contributed by atoms with Crippen LogP contribution >= 0.6 is 0 Å². The average Bonchev–Trinajstić information content (AvgIpc) is 2.68. The molecule has 4 nitrogen and oxygen atoms in total. The van der Waals surface area contributed by atoms with Crippen LogP contribution in [0, 0.1) is 10.8 Å². The van der Waals surface area contributed by atoms with Crippen LogP contribution in [0.5, 0.6) is 0 Å². The predicted octanol–water partition coefficient (Wildman–Crippen LogP) is 4.26. The largest absolute Gasteiger partial charge is 0.380 e. The van der Waals surface area contributed by atoms with Gasteiger partial charge >= 0.3 is 0 Å². The Morgan fingerprint density at radius 3 is 2.11 bits per heavy atom. The molecule has 2 fully saturated rings. The molecular formula is C24H32O4. The summed E-state index contributed by atoms with van der Waals surface area (Å²) >= 11 is 0. The topological polar surface area (TPSA) is 36.9 Å². The molecule has 2 aliphatic heterocycles. The van der Waals surface area contributed by atoms with Crippen LogP contribution in [0.3, 0.4) is 0 Å². The lowest BCUT2D eigenvalue weighted by molar-refractivity contribution is -0.208. The highest BCUT2D eigenvalue weighted by molar-refractivity contribution is 5.36. The summed E-state index contributed by atoms with van der Waals surface area (Å²) in [6.45, 7) is 8.89. The lowest BCUT2D eigenvalue weighted by atomic mass is 9.81. The van der Waals surface area contributed by atoms with Crippen LogP contribution in [-0.2, 0) is 24.5 Å². The Hall–Kier alpha value is -1.46. The number of benzene rings is 1. The molecule has 4 rings (SSSR count). The number of hydrogen-bond acceptors (Lipinski definition) is 4. The van der Waals surface area contributed by atoms with E-state index in [-0.39, 0.29) is 16.9 Å². The first-order valence-electron chi connectivity index (χ1n) is 10.5. The fourth-order valence-corrected chi connectivity index (χ4v) is 4.05. The van der Waals surface area contributed by atoms with Gasteiger partial charge in [0.25, 0.3) is 0 Å². The second-order valence-electron chi connectivity index (χ2n) is 8.62. The van der Waals surface area contributed by atoms with Crippen molar-refractivity contribution >= 4 is 0 Å². The van der Waals surface area contributed by atoms with E-state index in [2.05, 4.69) is 62.4 Å². The maximum absolute atomic E-state index is 6.74. The van der Waals surface area contributed by atoms with Gasteiger partial charge in [0.05, 0.1) is 39.6 Å². The summed E-state index contributed by atoms with van der Waals surface area (Å²) in [7, 11) is 0. The summed E-state index contributed by atoms with van der Waals surface area (Å²) in [6, 6.07) is 10.5. The molecule has 0 N–H and O–H groups in total. The van der Waals surface area contributed by atoms with Gasteiger partial charge in [-0.2, -0.15) is 0 Å². The van der Waals surface area contributed by atoms with Gasteiger partial charge in [0, 0.05) is 10.8 Å². The Morgan fingerprint density at radius 2 is 1.54 bits per heavy atom. The molecule has 2 atom stereocenters. The molecule has 2 heterocycles. The van der Waals surface area contributed by atoms with E-state index in [0.717, 1.165) is 44.8 Å². The summed E-state index contributed by atoms with van der Waals surface area (Å²) in [6.07, 6.45) is 10.4. The van der Waals surface area contributed by atoms with Crippen molar-refractivity contribution in [2.75, 3.05) is 39.6 Å². The van der Waals surface area contributed by atoms with Gasteiger partial charge in [0.1, 0.15) is 11.7 Å². The zero-order chi connectivity index (χ0) is 19.5. The Bertz CT molecular complexity index is 692.